The number of fused-ring (bicyclic) bond motifs is 3. The first kappa shape index (κ1) is 65.2. The number of nitrogens with zero attached hydrogens (tertiary/aromatic N) is 11. The molecule has 0 aliphatic heterocycles. The molecular weight excluding hydrogens is 1290 g/mol. The summed E-state index contributed by atoms with van der Waals surface area (Å²) in [6.45, 7) is 0. The molecule has 0 atom stereocenters. The van der Waals surface area contributed by atoms with Gasteiger partial charge in [0.1, 0.15) is 11.5 Å². The average molecular weight is 1340 g/mol. The van der Waals surface area contributed by atoms with Crippen LogP contribution >= 0.6 is 34.8 Å². The minimum absolute atomic E-state index is 0.225. The SMILES string of the molecule is Clc1ccncc1CCc1ccc(Cc2c[nH]c3ncccc23)cn1.Nc1ccc(Cc2cn(S(=O)(=O)c3ccccc3)c3ncccc23)cn1.O=Cc1ccncc1Cl.O=S(=O)(c1ccccc1)n1cc(Cc2ccc(CCc3cnccc3Cl)nc2)c2cccnc21. The fourth-order valence-electron chi connectivity index (χ4n) is 10.2. The van der Waals surface area contributed by atoms with Crippen LogP contribution in [0, 0.1) is 0 Å². The number of hydrogen-bond donors (Lipinski definition) is 2. The molecular formula is C71H58Cl3N13O5S2. The van der Waals surface area contributed by atoms with Crippen LogP contribution < -0.4 is 5.73 Å². The molecule has 0 saturated heterocycles. The summed E-state index contributed by atoms with van der Waals surface area (Å²) in [5.74, 6) is 0.449. The number of anilines is 1. The van der Waals surface area contributed by atoms with Crippen LogP contribution in [-0.2, 0) is 65.0 Å². The van der Waals surface area contributed by atoms with E-state index < -0.39 is 20.0 Å². The summed E-state index contributed by atoms with van der Waals surface area (Å²) in [5.41, 5.74) is 18.0. The van der Waals surface area contributed by atoms with Crippen LogP contribution in [0.2, 0.25) is 15.1 Å². The van der Waals surface area contributed by atoms with E-state index in [-0.39, 0.29) is 9.79 Å². The second-order valence-corrected chi connectivity index (χ2v) is 26.2. The Kier molecular flexibility index (Phi) is 21.1. The molecule has 14 rings (SSSR count). The molecule has 0 saturated carbocycles. The molecule has 0 spiro atoms. The smallest absolute Gasteiger partial charge is 0.269 e. The topological polar surface area (TPSA) is 253 Å². The third-order valence-corrected chi connectivity index (χ3v) is 19.5. The third-order valence-electron chi connectivity index (χ3n) is 15.1. The predicted molar refractivity (Wildman–Crippen MR) is 367 cm³/mol. The zero-order chi connectivity index (χ0) is 65.4. The fourth-order valence-corrected chi connectivity index (χ4v) is 13.5. The maximum Gasteiger partial charge on any atom is 0.269 e. The minimum Gasteiger partial charge on any atom is -0.384 e. The number of aldehydes is 1. The highest BCUT2D eigenvalue weighted by atomic mass is 35.5. The molecule has 0 bridgehead atoms. The Morgan fingerprint density at radius 3 is 1.32 bits per heavy atom. The molecule has 2 aromatic carbocycles. The normalized spacial score (nSPS) is 11.3. The minimum atomic E-state index is -3.76. The first-order valence-electron chi connectivity index (χ1n) is 29.4. The summed E-state index contributed by atoms with van der Waals surface area (Å²) in [4.78, 5) is 52.0. The molecule has 3 N–H and O–H groups in total. The van der Waals surface area contributed by atoms with Gasteiger partial charge in [-0.3, -0.25) is 29.7 Å². The van der Waals surface area contributed by atoms with Crippen molar-refractivity contribution in [3.05, 3.63) is 321 Å². The van der Waals surface area contributed by atoms with Gasteiger partial charge in [0.2, 0.25) is 0 Å². The number of halogens is 3. The van der Waals surface area contributed by atoms with Crippen molar-refractivity contribution in [1.29, 1.82) is 0 Å². The van der Waals surface area contributed by atoms with Crippen LogP contribution in [-0.4, -0.2) is 80.9 Å². The molecule has 0 radical (unpaired) electrons. The number of aromatic nitrogens is 12. The molecule has 23 heteroatoms. The number of rotatable bonds is 17. The van der Waals surface area contributed by atoms with Gasteiger partial charge < -0.3 is 10.7 Å². The molecule has 470 valence electrons. The highest BCUT2D eigenvalue weighted by Gasteiger charge is 2.24. The molecule has 12 heterocycles. The van der Waals surface area contributed by atoms with Crippen molar-refractivity contribution in [2.45, 2.75) is 54.7 Å². The highest BCUT2D eigenvalue weighted by Crippen LogP contribution is 2.29. The second-order valence-electron chi connectivity index (χ2n) is 21.4. The van der Waals surface area contributed by atoms with E-state index in [0.29, 0.717) is 51.8 Å². The van der Waals surface area contributed by atoms with Crippen LogP contribution in [0.1, 0.15) is 66.3 Å². The lowest BCUT2D eigenvalue weighted by molar-refractivity contribution is 0.112. The van der Waals surface area contributed by atoms with E-state index in [1.807, 2.05) is 73.3 Å². The summed E-state index contributed by atoms with van der Waals surface area (Å²) < 4.78 is 55.2. The van der Waals surface area contributed by atoms with E-state index in [2.05, 4.69) is 68.0 Å². The van der Waals surface area contributed by atoms with Gasteiger partial charge in [-0.2, -0.15) is 0 Å². The van der Waals surface area contributed by atoms with E-state index in [1.165, 1.54) is 31.5 Å². The van der Waals surface area contributed by atoms with Crippen LogP contribution in [0.5, 0.6) is 0 Å². The van der Waals surface area contributed by atoms with E-state index in [0.717, 1.165) is 104 Å². The number of H-pyrrole nitrogens is 1. The number of nitrogens with one attached hydrogen (secondary N) is 1. The molecule has 0 unspecified atom stereocenters. The van der Waals surface area contributed by atoms with Crippen molar-refractivity contribution in [2.75, 3.05) is 5.73 Å². The standard InChI is InChI=1S/C26H21ClN4O2S.C20H17ClN4.C19H16N4O2S.C6H4ClNO/c27-25-12-14-28-17-20(25)9-11-22-10-8-19(16-30-22)15-21-18-31(26-24(21)7-4-13-29-26)34(32,33)23-5-2-1-3-6-23;21-19-7-9-22-12-15(19)4-6-17-5-3-14(11-24-17)10-16-13-25-20-18(16)2-1-8-23-20;20-18-9-8-14(12-22-18)11-15-13-23(19-17(15)7-4-10-21-19)26(24,25)16-5-2-1-3-6-16;7-6-3-8-2-1-5(6)4-9/h1-8,10,12-14,16-18H,9,11,15H2;1-3,5,7-9,11-13H,4,6,10H2,(H,23,25);1-10,12-13H,11H2,(H2,20,22);1-4H. The third kappa shape index (κ3) is 15.9. The molecule has 0 amide bonds. The van der Waals surface area contributed by atoms with Gasteiger partial charge >= 0.3 is 0 Å². The Bertz CT molecular complexity index is 5120. The van der Waals surface area contributed by atoms with E-state index >= 15 is 0 Å². The summed E-state index contributed by atoms with van der Waals surface area (Å²) in [6.07, 6.45) is 31.6. The average Bonchev–Trinajstić information content (AvgIpc) is 1.61. The van der Waals surface area contributed by atoms with Gasteiger partial charge in [-0.1, -0.05) is 89.4 Å². The monoisotopic (exact) mass is 1340 g/mol. The van der Waals surface area contributed by atoms with Crippen molar-refractivity contribution in [2.24, 2.45) is 0 Å². The number of aromatic amines is 1. The number of carbonyl (C=O) groups excluding carboxylic acids is 1. The molecule has 0 aliphatic carbocycles. The van der Waals surface area contributed by atoms with Gasteiger partial charge in [0.15, 0.2) is 17.6 Å². The second kappa shape index (κ2) is 30.4. The molecule has 12 aromatic heterocycles. The van der Waals surface area contributed by atoms with E-state index in [1.54, 1.807) is 141 Å². The molecule has 18 nitrogen and oxygen atoms in total. The first-order chi connectivity index (χ1) is 45.7. The maximum absolute atomic E-state index is 13.3. The highest BCUT2D eigenvalue weighted by molar-refractivity contribution is 7.90. The number of hydrogen-bond acceptors (Lipinski definition) is 15. The van der Waals surface area contributed by atoms with Crippen LogP contribution in [0.25, 0.3) is 33.1 Å². The zero-order valence-electron chi connectivity index (χ0n) is 50.1. The van der Waals surface area contributed by atoms with Gasteiger partial charge in [0.05, 0.1) is 14.8 Å². The number of nitrogen functional groups attached to an aromatic ring is 1. The molecule has 14 aromatic rings. The lowest BCUT2D eigenvalue weighted by Gasteiger charge is -2.06. The van der Waals surface area contributed by atoms with Gasteiger partial charge in [0, 0.05) is 155 Å². The van der Waals surface area contributed by atoms with Crippen molar-refractivity contribution in [3.63, 3.8) is 0 Å². The Morgan fingerprint density at radius 2 is 0.872 bits per heavy atom. The maximum atomic E-state index is 13.3. The van der Waals surface area contributed by atoms with Gasteiger partial charge in [-0.25, -0.2) is 44.7 Å². The quantitative estimate of drug-likeness (QED) is 0.0804. The number of aryl methyl sites for hydroxylation is 4. The Morgan fingerprint density at radius 1 is 0.415 bits per heavy atom. The number of benzene rings is 2. The van der Waals surface area contributed by atoms with Crippen molar-refractivity contribution in [3.8, 4) is 0 Å². The first-order valence-corrected chi connectivity index (χ1v) is 33.4. The summed E-state index contributed by atoms with van der Waals surface area (Å²) >= 11 is 17.9. The Labute approximate surface area is 557 Å². The number of pyridine rings is 9. The van der Waals surface area contributed by atoms with Gasteiger partial charge in [0.25, 0.3) is 20.0 Å². The molecule has 0 fully saturated rings. The predicted octanol–water partition coefficient (Wildman–Crippen LogP) is 13.9. The van der Waals surface area contributed by atoms with Crippen LogP contribution in [0.15, 0.2) is 254 Å². The fraction of sp³-hybridized carbons (Fsp3) is 0.0986. The Balaban J connectivity index is 0.000000136. The number of carbonyl (C=O) groups is 1. The van der Waals surface area contributed by atoms with Gasteiger partial charge in [-0.05, 0) is 167 Å². The van der Waals surface area contributed by atoms with E-state index in [4.69, 9.17) is 40.5 Å². The van der Waals surface area contributed by atoms with Crippen molar-refractivity contribution < 1.29 is 21.6 Å². The van der Waals surface area contributed by atoms with Gasteiger partial charge in [-0.15, -0.1) is 0 Å². The molecule has 94 heavy (non-hydrogen) atoms. The summed E-state index contributed by atoms with van der Waals surface area (Å²) in [6, 6.07) is 45.2. The Hall–Kier alpha value is -10.4. The van der Waals surface area contributed by atoms with Crippen molar-refractivity contribution in [1.82, 2.24) is 57.8 Å². The summed E-state index contributed by atoms with van der Waals surface area (Å²) in [5, 5.41) is 4.63. The largest absolute Gasteiger partial charge is 0.384 e. The lowest BCUT2D eigenvalue weighted by Crippen LogP contribution is -2.12. The van der Waals surface area contributed by atoms with E-state index in [9.17, 15) is 21.6 Å². The van der Waals surface area contributed by atoms with Crippen LogP contribution in [0.4, 0.5) is 5.82 Å². The molecule has 0 aliphatic rings. The van der Waals surface area contributed by atoms with Crippen molar-refractivity contribution >= 4 is 100 Å². The zero-order valence-corrected chi connectivity index (χ0v) is 54.0. The lowest BCUT2D eigenvalue weighted by atomic mass is 10.1. The number of nitrogens with two attached hydrogens (primary N) is 1. The summed E-state index contributed by atoms with van der Waals surface area (Å²) in [7, 11) is -7.48. The van der Waals surface area contributed by atoms with Crippen LogP contribution in [0.3, 0.4) is 0 Å².